The van der Waals surface area contributed by atoms with Gasteiger partial charge in [-0.05, 0) is 44.8 Å². The van der Waals surface area contributed by atoms with Gasteiger partial charge in [-0.1, -0.05) is 0 Å². The molecule has 1 aliphatic heterocycles. The van der Waals surface area contributed by atoms with Crippen molar-refractivity contribution < 1.29 is 14.2 Å². The largest absolute Gasteiger partial charge is 0.493 e. The maximum Gasteiger partial charge on any atom is 0.205 e. The molecule has 0 spiro atoms. The minimum absolute atomic E-state index is 0.559. The molecule has 3 atom stereocenters. The standard InChI is InChI=1S/C20H28N4O3/c1-23(2)17-12-6-7-13(17)10-24(9-12)20-14-8-15(25-3)18(26-4)19(27-5)16(14)21-11-22-20/h8,11-13,17H,6-7,9-10H2,1-5H3/t12-,13+,17?. The minimum Gasteiger partial charge on any atom is -0.493 e. The molecule has 1 aliphatic carbocycles. The lowest BCUT2D eigenvalue weighted by Crippen LogP contribution is -2.50. The second-order valence-corrected chi connectivity index (χ2v) is 7.70. The zero-order valence-corrected chi connectivity index (χ0v) is 16.7. The third-order valence-electron chi connectivity index (χ3n) is 6.09. The highest BCUT2D eigenvalue weighted by molar-refractivity contribution is 5.97. The van der Waals surface area contributed by atoms with Gasteiger partial charge in [-0.3, -0.25) is 0 Å². The van der Waals surface area contributed by atoms with Gasteiger partial charge >= 0.3 is 0 Å². The van der Waals surface area contributed by atoms with Crippen molar-refractivity contribution in [2.75, 3.05) is 53.4 Å². The number of methoxy groups -OCH3 is 3. The molecule has 146 valence electrons. The Morgan fingerprint density at radius 1 is 0.963 bits per heavy atom. The summed E-state index contributed by atoms with van der Waals surface area (Å²) in [5.74, 6) is 4.07. The van der Waals surface area contributed by atoms with E-state index in [0.29, 0.717) is 35.1 Å². The molecule has 7 heteroatoms. The number of nitrogens with zero attached hydrogens (tertiary/aromatic N) is 4. The Morgan fingerprint density at radius 2 is 1.63 bits per heavy atom. The Balaban J connectivity index is 1.80. The van der Waals surface area contributed by atoms with E-state index in [2.05, 4.69) is 33.9 Å². The third-order valence-corrected chi connectivity index (χ3v) is 6.09. The van der Waals surface area contributed by atoms with E-state index in [1.54, 1.807) is 27.7 Å². The highest BCUT2D eigenvalue weighted by Crippen LogP contribution is 2.46. The van der Waals surface area contributed by atoms with E-state index in [0.717, 1.165) is 29.8 Å². The highest BCUT2D eigenvalue weighted by Gasteiger charge is 2.43. The summed E-state index contributed by atoms with van der Waals surface area (Å²) in [5.41, 5.74) is 0.752. The summed E-state index contributed by atoms with van der Waals surface area (Å²) in [4.78, 5) is 13.9. The van der Waals surface area contributed by atoms with Gasteiger partial charge in [-0.2, -0.15) is 0 Å². The molecular formula is C20H28N4O3. The number of hydrogen-bond donors (Lipinski definition) is 0. The fourth-order valence-electron chi connectivity index (χ4n) is 5.11. The van der Waals surface area contributed by atoms with Crippen molar-refractivity contribution in [2.45, 2.75) is 18.9 Å². The van der Waals surface area contributed by atoms with Crippen LogP contribution in [-0.2, 0) is 0 Å². The molecule has 2 aliphatic rings. The molecule has 2 heterocycles. The minimum atomic E-state index is 0.559. The van der Waals surface area contributed by atoms with Crippen molar-refractivity contribution in [3.8, 4) is 17.2 Å². The number of ether oxygens (including phenoxy) is 3. The Labute approximate surface area is 160 Å². The van der Waals surface area contributed by atoms with Crippen LogP contribution in [0.25, 0.3) is 10.9 Å². The first-order chi connectivity index (χ1) is 13.1. The molecule has 1 saturated carbocycles. The van der Waals surface area contributed by atoms with Gasteiger partial charge < -0.3 is 24.0 Å². The number of rotatable bonds is 5. The van der Waals surface area contributed by atoms with Crippen LogP contribution >= 0.6 is 0 Å². The van der Waals surface area contributed by atoms with Gasteiger partial charge in [0.15, 0.2) is 11.5 Å². The molecule has 1 aromatic heterocycles. The molecule has 2 fully saturated rings. The van der Waals surface area contributed by atoms with E-state index >= 15 is 0 Å². The van der Waals surface area contributed by atoms with Crippen LogP contribution in [0.15, 0.2) is 12.4 Å². The highest BCUT2D eigenvalue weighted by atomic mass is 16.5. The summed E-state index contributed by atoms with van der Waals surface area (Å²) < 4.78 is 16.7. The summed E-state index contributed by atoms with van der Waals surface area (Å²) in [5, 5.41) is 0.940. The normalized spacial score (nSPS) is 24.5. The molecule has 2 bridgehead atoms. The van der Waals surface area contributed by atoms with E-state index in [-0.39, 0.29) is 0 Å². The van der Waals surface area contributed by atoms with E-state index in [9.17, 15) is 0 Å². The monoisotopic (exact) mass is 372 g/mol. The van der Waals surface area contributed by atoms with Crippen LogP contribution in [-0.4, -0.2) is 69.4 Å². The number of piperidine rings is 1. The molecule has 27 heavy (non-hydrogen) atoms. The number of anilines is 1. The molecule has 2 aromatic rings. The Hall–Kier alpha value is -2.28. The smallest absolute Gasteiger partial charge is 0.205 e. The van der Waals surface area contributed by atoms with Crippen LogP contribution in [0.5, 0.6) is 17.2 Å². The average molecular weight is 372 g/mol. The van der Waals surface area contributed by atoms with Crippen LogP contribution in [0.3, 0.4) is 0 Å². The number of aromatic nitrogens is 2. The van der Waals surface area contributed by atoms with Crippen molar-refractivity contribution in [3.05, 3.63) is 12.4 Å². The van der Waals surface area contributed by atoms with Crippen LogP contribution in [0.1, 0.15) is 12.8 Å². The summed E-state index contributed by atoms with van der Waals surface area (Å²) in [6.07, 6.45) is 4.19. The van der Waals surface area contributed by atoms with Gasteiger partial charge in [-0.15, -0.1) is 0 Å². The Morgan fingerprint density at radius 3 is 2.19 bits per heavy atom. The predicted molar refractivity (Wildman–Crippen MR) is 105 cm³/mol. The summed E-state index contributed by atoms with van der Waals surface area (Å²) in [6, 6.07) is 2.63. The average Bonchev–Trinajstić information content (AvgIpc) is 2.96. The fourth-order valence-corrected chi connectivity index (χ4v) is 5.11. The van der Waals surface area contributed by atoms with Crippen LogP contribution in [0.2, 0.25) is 0 Å². The molecular weight excluding hydrogens is 344 g/mol. The molecule has 0 N–H and O–H groups in total. The molecule has 4 rings (SSSR count). The first-order valence-electron chi connectivity index (χ1n) is 9.44. The second kappa shape index (κ2) is 7.03. The topological polar surface area (TPSA) is 60.0 Å². The van der Waals surface area contributed by atoms with Gasteiger partial charge in [0.2, 0.25) is 5.75 Å². The molecule has 1 aromatic carbocycles. The predicted octanol–water partition coefficient (Wildman–Crippen LogP) is 2.43. The maximum atomic E-state index is 5.62. The van der Waals surface area contributed by atoms with Crippen molar-refractivity contribution >= 4 is 16.7 Å². The van der Waals surface area contributed by atoms with Gasteiger partial charge in [-0.25, -0.2) is 9.97 Å². The fraction of sp³-hybridized carbons (Fsp3) is 0.600. The third kappa shape index (κ3) is 2.84. The lowest BCUT2D eigenvalue weighted by atomic mass is 9.91. The van der Waals surface area contributed by atoms with E-state index < -0.39 is 0 Å². The van der Waals surface area contributed by atoms with Crippen LogP contribution < -0.4 is 19.1 Å². The van der Waals surface area contributed by atoms with Crippen LogP contribution in [0.4, 0.5) is 5.82 Å². The number of fused-ring (bicyclic) bond motifs is 3. The van der Waals surface area contributed by atoms with Crippen molar-refractivity contribution in [3.63, 3.8) is 0 Å². The zero-order chi connectivity index (χ0) is 19.1. The molecule has 1 unspecified atom stereocenters. The van der Waals surface area contributed by atoms with Crippen LogP contribution in [0, 0.1) is 11.8 Å². The first kappa shape index (κ1) is 18.1. The first-order valence-corrected chi connectivity index (χ1v) is 9.44. The van der Waals surface area contributed by atoms with Crippen molar-refractivity contribution in [1.82, 2.24) is 14.9 Å². The number of benzene rings is 1. The van der Waals surface area contributed by atoms with Gasteiger partial charge in [0.05, 0.1) is 26.7 Å². The van der Waals surface area contributed by atoms with Crippen molar-refractivity contribution in [2.24, 2.45) is 11.8 Å². The summed E-state index contributed by atoms with van der Waals surface area (Å²) in [6.45, 7) is 2.03. The molecule has 0 amide bonds. The summed E-state index contributed by atoms with van der Waals surface area (Å²) in [7, 11) is 9.27. The zero-order valence-electron chi connectivity index (χ0n) is 16.7. The summed E-state index contributed by atoms with van der Waals surface area (Å²) >= 11 is 0. The second-order valence-electron chi connectivity index (χ2n) is 7.70. The van der Waals surface area contributed by atoms with Gasteiger partial charge in [0.25, 0.3) is 0 Å². The lowest BCUT2D eigenvalue weighted by molar-refractivity contribution is 0.171. The SMILES string of the molecule is COc1cc2c(N3C[C@H]4CC[C@@H](C3)C4N(C)C)ncnc2c(OC)c1OC. The van der Waals surface area contributed by atoms with E-state index in [1.165, 1.54) is 12.8 Å². The molecule has 0 radical (unpaired) electrons. The molecule has 7 nitrogen and oxygen atoms in total. The van der Waals surface area contributed by atoms with E-state index in [1.807, 2.05) is 6.07 Å². The lowest BCUT2D eigenvalue weighted by Gasteiger charge is -2.42. The maximum absolute atomic E-state index is 5.62. The van der Waals surface area contributed by atoms with Gasteiger partial charge in [0, 0.05) is 19.1 Å². The number of hydrogen-bond acceptors (Lipinski definition) is 7. The Kier molecular flexibility index (Phi) is 4.72. The van der Waals surface area contributed by atoms with Crippen molar-refractivity contribution in [1.29, 1.82) is 0 Å². The van der Waals surface area contributed by atoms with Gasteiger partial charge in [0.1, 0.15) is 17.7 Å². The molecule has 1 saturated heterocycles. The Bertz CT molecular complexity index is 828. The van der Waals surface area contributed by atoms with E-state index in [4.69, 9.17) is 14.2 Å². The quantitative estimate of drug-likeness (QED) is 0.799.